The van der Waals surface area contributed by atoms with Crippen LogP contribution in [0.3, 0.4) is 0 Å². The third-order valence-electron chi connectivity index (χ3n) is 2.54. The van der Waals surface area contributed by atoms with Crippen molar-refractivity contribution in [1.29, 1.82) is 0 Å². The predicted octanol–water partition coefficient (Wildman–Crippen LogP) is 1.72. The van der Waals surface area contributed by atoms with Crippen molar-refractivity contribution in [2.75, 3.05) is 6.61 Å². The monoisotopic (exact) mass is 279 g/mol. The van der Waals surface area contributed by atoms with E-state index in [9.17, 15) is 21.6 Å². The van der Waals surface area contributed by atoms with E-state index in [0.29, 0.717) is 0 Å². The minimum absolute atomic E-state index is 0.281. The fraction of sp³-hybridized carbons (Fsp3) is 0.200. The second kappa shape index (κ2) is 4.08. The number of alkyl halides is 3. The van der Waals surface area contributed by atoms with Gasteiger partial charge in [0.15, 0.2) is 0 Å². The van der Waals surface area contributed by atoms with Gasteiger partial charge in [-0.2, -0.15) is 13.2 Å². The molecule has 1 aliphatic rings. The first-order valence-electron chi connectivity index (χ1n) is 4.76. The molecule has 1 heterocycles. The Kier molecular flexibility index (Phi) is 2.96. The maximum Gasteiger partial charge on any atom is 0.417 e. The molecule has 0 aromatic heterocycles. The van der Waals surface area contributed by atoms with E-state index in [0.717, 1.165) is 24.3 Å². The number of sulfone groups is 1. The Morgan fingerprint density at radius 1 is 1.28 bits per heavy atom. The third-order valence-corrected chi connectivity index (χ3v) is 4.40. The van der Waals surface area contributed by atoms with E-state index in [1.807, 2.05) is 0 Å². The van der Waals surface area contributed by atoms with Gasteiger partial charge in [0.2, 0.25) is 9.84 Å². The van der Waals surface area contributed by atoms with Crippen LogP contribution in [-0.2, 0) is 20.9 Å². The van der Waals surface area contributed by atoms with Crippen molar-refractivity contribution < 1.29 is 26.4 Å². The number of fused-ring (bicyclic) bond motifs is 1. The van der Waals surface area contributed by atoms with E-state index in [4.69, 9.17) is 5.90 Å². The summed E-state index contributed by atoms with van der Waals surface area (Å²) in [5.41, 5.74) is -1.35. The fourth-order valence-electron chi connectivity index (χ4n) is 1.76. The molecule has 4 nitrogen and oxygen atoms in total. The molecule has 0 saturated heterocycles. The Hall–Kier alpha value is -1.38. The van der Waals surface area contributed by atoms with Crippen LogP contribution in [0.2, 0.25) is 0 Å². The fourth-order valence-corrected chi connectivity index (χ4v) is 3.25. The van der Waals surface area contributed by atoms with Gasteiger partial charge in [-0.1, -0.05) is 6.07 Å². The Morgan fingerprint density at radius 3 is 2.50 bits per heavy atom. The van der Waals surface area contributed by atoms with Crippen LogP contribution in [0.5, 0.6) is 0 Å². The number of halogens is 3. The topological polar surface area (TPSA) is 69.4 Å². The lowest BCUT2D eigenvalue weighted by atomic mass is 10.1. The average molecular weight is 279 g/mol. The van der Waals surface area contributed by atoms with Crippen LogP contribution in [-0.4, -0.2) is 15.0 Å². The van der Waals surface area contributed by atoms with E-state index in [2.05, 4.69) is 4.84 Å². The first-order chi connectivity index (χ1) is 8.28. The maximum absolute atomic E-state index is 12.7. The summed E-state index contributed by atoms with van der Waals surface area (Å²) in [6.07, 6.45) is -3.67. The molecule has 0 atom stereocenters. The van der Waals surface area contributed by atoms with Crippen molar-refractivity contribution in [3.05, 3.63) is 34.2 Å². The first-order valence-corrected chi connectivity index (χ1v) is 6.24. The molecule has 1 aromatic carbocycles. The highest BCUT2D eigenvalue weighted by Crippen LogP contribution is 2.41. The molecule has 2 rings (SSSR count). The van der Waals surface area contributed by atoms with Gasteiger partial charge in [-0.05, 0) is 18.2 Å². The van der Waals surface area contributed by atoms with Gasteiger partial charge in [0.1, 0.15) is 6.61 Å². The Morgan fingerprint density at radius 2 is 1.94 bits per heavy atom. The first kappa shape index (κ1) is 13.1. The summed E-state index contributed by atoms with van der Waals surface area (Å²) >= 11 is 0. The summed E-state index contributed by atoms with van der Waals surface area (Å²) in [6, 6.07) is 3.01. The Balaban J connectivity index is 2.68. The molecule has 98 valence electrons. The summed E-state index contributed by atoms with van der Waals surface area (Å²) in [5.74, 6) is 4.76. The SMILES string of the molecule is NOCC1=Cc2c(C(F)(F)F)cccc2S1(=O)=O. The molecule has 0 fully saturated rings. The molecule has 0 bridgehead atoms. The van der Waals surface area contributed by atoms with Crippen LogP contribution >= 0.6 is 0 Å². The summed E-state index contributed by atoms with van der Waals surface area (Å²) in [4.78, 5) is 3.54. The van der Waals surface area contributed by atoms with Crippen LogP contribution in [0.4, 0.5) is 13.2 Å². The predicted molar refractivity (Wildman–Crippen MR) is 56.7 cm³/mol. The molecule has 0 unspecified atom stereocenters. The van der Waals surface area contributed by atoms with Crippen LogP contribution in [0.1, 0.15) is 11.1 Å². The highest BCUT2D eigenvalue weighted by molar-refractivity contribution is 7.95. The summed E-state index contributed by atoms with van der Waals surface area (Å²) in [6.45, 7) is -0.464. The van der Waals surface area contributed by atoms with E-state index >= 15 is 0 Å². The van der Waals surface area contributed by atoms with Gasteiger partial charge >= 0.3 is 6.18 Å². The maximum atomic E-state index is 12.7. The molecule has 0 radical (unpaired) electrons. The number of nitrogens with two attached hydrogens (primary N) is 1. The van der Waals surface area contributed by atoms with E-state index in [-0.39, 0.29) is 15.4 Å². The lowest BCUT2D eigenvalue weighted by Crippen LogP contribution is -2.10. The molecule has 2 N–H and O–H groups in total. The van der Waals surface area contributed by atoms with Crippen molar-refractivity contribution in [2.24, 2.45) is 5.90 Å². The minimum Gasteiger partial charge on any atom is -0.299 e. The van der Waals surface area contributed by atoms with Gasteiger partial charge in [0.05, 0.1) is 15.4 Å². The van der Waals surface area contributed by atoms with Crippen molar-refractivity contribution in [3.63, 3.8) is 0 Å². The van der Waals surface area contributed by atoms with Gasteiger partial charge in [0, 0.05) is 5.56 Å². The van der Waals surface area contributed by atoms with Crippen LogP contribution in [0.25, 0.3) is 6.08 Å². The number of rotatable bonds is 2. The van der Waals surface area contributed by atoms with Gasteiger partial charge in [-0.25, -0.2) is 14.3 Å². The van der Waals surface area contributed by atoms with E-state index in [1.165, 1.54) is 0 Å². The molecule has 0 spiro atoms. The second-order valence-corrected chi connectivity index (χ2v) is 5.61. The van der Waals surface area contributed by atoms with Crippen LogP contribution < -0.4 is 5.90 Å². The molecule has 0 aliphatic carbocycles. The summed E-state index contributed by atoms with van der Waals surface area (Å²) in [7, 11) is -3.94. The number of hydrogen-bond acceptors (Lipinski definition) is 4. The number of hydrogen-bond donors (Lipinski definition) is 1. The lowest BCUT2D eigenvalue weighted by Gasteiger charge is -2.10. The standard InChI is InChI=1S/C10H8F3NO3S/c11-10(12,13)8-2-1-3-9-7(8)4-6(5-17-14)18(9,15)16/h1-4H,5,14H2. The van der Waals surface area contributed by atoms with Crippen molar-refractivity contribution in [1.82, 2.24) is 0 Å². The second-order valence-electron chi connectivity index (χ2n) is 3.64. The Labute approximate surface area is 101 Å². The zero-order valence-corrected chi connectivity index (χ0v) is 9.68. The van der Waals surface area contributed by atoms with Crippen molar-refractivity contribution >= 4 is 15.9 Å². The molecule has 8 heteroatoms. The smallest absolute Gasteiger partial charge is 0.299 e. The van der Waals surface area contributed by atoms with Gasteiger partial charge in [0.25, 0.3) is 0 Å². The molecule has 1 aromatic rings. The van der Waals surface area contributed by atoms with Crippen LogP contribution in [0, 0.1) is 0 Å². The average Bonchev–Trinajstić information content (AvgIpc) is 2.50. The quantitative estimate of drug-likeness (QED) is 0.837. The zero-order chi connectivity index (χ0) is 13.6. The van der Waals surface area contributed by atoms with Gasteiger partial charge < -0.3 is 0 Å². The van der Waals surface area contributed by atoms with Crippen molar-refractivity contribution in [2.45, 2.75) is 11.1 Å². The Bertz CT molecular complexity index is 620. The molecule has 0 saturated carbocycles. The normalized spacial score (nSPS) is 17.4. The highest BCUT2D eigenvalue weighted by atomic mass is 32.2. The molecular weight excluding hydrogens is 271 g/mol. The van der Waals surface area contributed by atoms with Gasteiger partial charge in [-0.15, -0.1) is 0 Å². The molecule has 18 heavy (non-hydrogen) atoms. The molecule has 1 aliphatic heterocycles. The molecule has 0 amide bonds. The largest absolute Gasteiger partial charge is 0.417 e. The van der Waals surface area contributed by atoms with Gasteiger partial charge in [-0.3, -0.25) is 4.84 Å². The minimum atomic E-state index is -4.61. The third kappa shape index (κ3) is 1.92. The summed E-state index contributed by atoms with van der Waals surface area (Å²) in [5, 5.41) is 0. The number of benzene rings is 1. The highest BCUT2D eigenvalue weighted by Gasteiger charge is 2.39. The molecular formula is C10H8F3NO3S. The summed E-state index contributed by atoms with van der Waals surface area (Å²) < 4.78 is 61.9. The lowest BCUT2D eigenvalue weighted by molar-refractivity contribution is -0.137. The van der Waals surface area contributed by atoms with E-state index in [1.54, 1.807) is 0 Å². The zero-order valence-electron chi connectivity index (χ0n) is 8.86. The van der Waals surface area contributed by atoms with Crippen molar-refractivity contribution in [3.8, 4) is 0 Å². The van der Waals surface area contributed by atoms with Crippen LogP contribution in [0.15, 0.2) is 28.0 Å². The van der Waals surface area contributed by atoms with E-state index < -0.39 is 28.2 Å².